The largest absolute Gasteiger partial charge is 0.487 e. The van der Waals surface area contributed by atoms with E-state index in [-0.39, 0.29) is 12.2 Å². The van der Waals surface area contributed by atoms with Crippen LogP contribution in [0.2, 0.25) is 0 Å². The SMILES string of the molecule is CN1CCC(Oc2ccc(N[C@H]3CC[C@@H](Oc4nc(N5CCOCC5)cc5ncc(NS(C)(=O)=O)cc45)CC3)nc2)C1. The molecule has 13 heteroatoms. The summed E-state index contributed by atoms with van der Waals surface area (Å²) in [6.45, 7) is 4.76. The first-order valence-electron chi connectivity index (χ1n) is 14.6. The van der Waals surface area contributed by atoms with Crippen LogP contribution in [0.25, 0.3) is 10.9 Å². The summed E-state index contributed by atoms with van der Waals surface area (Å²) in [5.74, 6) is 2.91. The van der Waals surface area contributed by atoms with E-state index in [4.69, 9.17) is 19.2 Å². The van der Waals surface area contributed by atoms with Crippen molar-refractivity contribution < 1.29 is 22.6 Å². The van der Waals surface area contributed by atoms with Gasteiger partial charge in [0.05, 0.1) is 48.5 Å². The number of hydrogen-bond donors (Lipinski definition) is 2. The number of morpholine rings is 1. The van der Waals surface area contributed by atoms with E-state index in [1.165, 1.54) is 6.20 Å². The Balaban J connectivity index is 1.11. The summed E-state index contributed by atoms with van der Waals surface area (Å²) in [7, 11) is -1.33. The lowest BCUT2D eigenvalue weighted by molar-refractivity contribution is 0.122. The molecule has 2 saturated heterocycles. The van der Waals surface area contributed by atoms with Gasteiger partial charge in [-0.3, -0.25) is 9.71 Å². The fraction of sp³-hybridized carbons (Fsp3) is 0.552. The van der Waals surface area contributed by atoms with Crippen molar-refractivity contribution in [3.05, 3.63) is 36.7 Å². The van der Waals surface area contributed by atoms with E-state index < -0.39 is 10.0 Å². The highest BCUT2D eigenvalue weighted by Crippen LogP contribution is 2.33. The van der Waals surface area contributed by atoms with Gasteiger partial charge in [-0.15, -0.1) is 0 Å². The zero-order chi connectivity index (χ0) is 29.1. The number of rotatable bonds is 9. The molecule has 1 aliphatic carbocycles. The molecular formula is C29H39N7O5S. The fourth-order valence-electron chi connectivity index (χ4n) is 5.81. The monoisotopic (exact) mass is 597 g/mol. The van der Waals surface area contributed by atoms with E-state index >= 15 is 0 Å². The van der Waals surface area contributed by atoms with Gasteiger partial charge in [0.15, 0.2) is 0 Å². The highest BCUT2D eigenvalue weighted by atomic mass is 32.2. The van der Waals surface area contributed by atoms with Gasteiger partial charge in [0.1, 0.15) is 29.6 Å². The van der Waals surface area contributed by atoms with Crippen LogP contribution in [-0.4, -0.2) is 99.2 Å². The molecule has 2 aliphatic heterocycles. The molecule has 3 fully saturated rings. The number of nitrogens with zero attached hydrogens (tertiary/aromatic N) is 5. The third-order valence-corrected chi connectivity index (χ3v) is 8.57. The molecule has 12 nitrogen and oxygen atoms in total. The third-order valence-electron chi connectivity index (χ3n) is 7.96. The van der Waals surface area contributed by atoms with Gasteiger partial charge in [0, 0.05) is 38.3 Å². The number of likely N-dealkylation sites (tertiary alicyclic amines) is 1. The molecule has 0 amide bonds. The van der Waals surface area contributed by atoms with Gasteiger partial charge in [-0.05, 0) is 57.4 Å². The molecular weight excluding hydrogens is 558 g/mol. The van der Waals surface area contributed by atoms with Gasteiger partial charge in [-0.2, -0.15) is 4.98 Å². The Bertz CT molecular complexity index is 1480. The number of likely N-dealkylation sites (N-methyl/N-ethyl adjacent to an activating group) is 1. The Labute approximate surface area is 246 Å². The predicted octanol–water partition coefficient (Wildman–Crippen LogP) is 3.12. The predicted molar refractivity (Wildman–Crippen MR) is 162 cm³/mol. The van der Waals surface area contributed by atoms with E-state index in [0.29, 0.717) is 41.7 Å². The van der Waals surface area contributed by atoms with Crippen molar-refractivity contribution in [1.29, 1.82) is 0 Å². The zero-order valence-corrected chi connectivity index (χ0v) is 25.0. The van der Waals surface area contributed by atoms with Crippen LogP contribution >= 0.6 is 0 Å². The Morgan fingerprint density at radius 3 is 2.45 bits per heavy atom. The van der Waals surface area contributed by atoms with Crippen molar-refractivity contribution in [1.82, 2.24) is 19.9 Å². The van der Waals surface area contributed by atoms with E-state index in [1.807, 2.05) is 18.2 Å². The van der Waals surface area contributed by atoms with E-state index in [1.54, 1.807) is 12.3 Å². The van der Waals surface area contributed by atoms with Gasteiger partial charge in [-0.1, -0.05) is 0 Å². The standard InChI is InChI=1S/C29H39N7O5S/c1-35-10-9-24(19-35)40-23-7-8-27(31-18-23)32-20-3-5-22(6-4-20)41-29-25-15-21(34-42(2,37)38)17-30-26(25)16-28(33-29)36-11-13-39-14-12-36/h7-8,15-18,20,22,24,34H,3-6,9-14,19H2,1-2H3,(H,31,32)/t20-,22+,24?. The molecule has 3 aromatic heterocycles. The summed E-state index contributed by atoms with van der Waals surface area (Å²) in [6, 6.07) is 7.94. The molecule has 0 radical (unpaired) electrons. The second-order valence-corrected chi connectivity index (χ2v) is 13.2. The topological polar surface area (TPSA) is 131 Å². The van der Waals surface area contributed by atoms with Crippen molar-refractivity contribution in [2.24, 2.45) is 0 Å². The smallest absolute Gasteiger partial charge is 0.229 e. The fourth-order valence-corrected chi connectivity index (χ4v) is 6.35. The van der Waals surface area contributed by atoms with Crippen LogP contribution < -0.4 is 24.4 Å². The second-order valence-electron chi connectivity index (χ2n) is 11.5. The van der Waals surface area contributed by atoms with Crippen LogP contribution in [0, 0.1) is 0 Å². The summed E-state index contributed by atoms with van der Waals surface area (Å²) < 4.78 is 44.3. The molecule has 0 spiro atoms. The van der Waals surface area contributed by atoms with Crippen molar-refractivity contribution >= 4 is 38.2 Å². The second kappa shape index (κ2) is 12.4. The lowest BCUT2D eigenvalue weighted by Crippen LogP contribution is -2.37. The Hall–Kier alpha value is -3.42. The van der Waals surface area contributed by atoms with Gasteiger partial charge >= 0.3 is 0 Å². The van der Waals surface area contributed by atoms with Crippen LogP contribution in [0.4, 0.5) is 17.3 Å². The lowest BCUT2D eigenvalue weighted by atomic mass is 9.93. The van der Waals surface area contributed by atoms with Crippen LogP contribution in [0.3, 0.4) is 0 Å². The van der Waals surface area contributed by atoms with Gasteiger partial charge < -0.3 is 29.3 Å². The van der Waals surface area contributed by atoms with E-state index in [9.17, 15) is 8.42 Å². The van der Waals surface area contributed by atoms with Crippen LogP contribution in [0.5, 0.6) is 11.6 Å². The van der Waals surface area contributed by atoms with Gasteiger partial charge in [0.25, 0.3) is 0 Å². The van der Waals surface area contributed by atoms with Crippen LogP contribution in [-0.2, 0) is 14.8 Å². The molecule has 42 heavy (non-hydrogen) atoms. The van der Waals surface area contributed by atoms with E-state index in [0.717, 1.165) is 81.9 Å². The van der Waals surface area contributed by atoms with Crippen molar-refractivity contribution in [2.45, 2.75) is 50.4 Å². The normalized spacial score (nSPS) is 23.6. The molecule has 1 saturated carbocycles. The molecule has 0 aromatic carbocycles. The van der Waals surface area contributed by atoms with E-state index in [2.05, 4.69) is 36.9 Å². The lowest BCUT2D eigenvalue weighted by Gasteiger charge is -2.31. The molecule has 226 valence electrons. The Morgan fingerprint density at radius 1 is 0.952 bits per heavy atom. The first-order valence-corrected chi connectivity index (χ1v) is 16.5. The van der Waals surface area contributed by atoms with Crippen molar-refractivity contribution in [3.63, 3.8) is 0 Å². The maximum absolute atomic E-state index is 11.8. The first kappa shape index (κ1) is 28.7. The molecule has 3 aliphatic rings. The van der Waals surface area contributed by atoms with Crippen molar-refractivity contribution in [3.8, 4) is 11.6 Å². The minimum atomic E-state index is -3.45. The minimum Gasteiger partial charge on any atom is -0.487 e. The average molecular weight is 598 g/mol. The summed E-state index contributed by atoms with van der Waals surface area (Å²) >= 11 is 0. The quantitative estimate of drug-likeness (QED) is 0.377. The number of fused-ring (bicyclic) bond motifs is 1. The third kappa shape index (κ3) is 7.31. The number of sulfonamides is 1. The molecule has 1 unspecified atom stereocenters. The number of ether oxygens (including phenoxy) is 3. The maximum atomic E-state index is 11.8. The van der Waals surface area contributed by atoms with Crippen LogP contribution in [0.1, 0.15) is 32.1 Å². The zero-order valence-electron chi connectivity index (χ0n) is 24.2. The highest BCUT2D eigenvalue weighted by molar-refractivity contribution is 7.92. The summed E-state index contributed by atoms with van der Waals surface area (Å²) in [5.41, 5.74) is 1.08. The molecule has 1 atom stereocenters. The first-order chi connectivity index (χ1) is 20.3. The summed E-state index contributed by atoms with van der Waals surface area (Å²) in [5, 5.41) is 4.24. The molecule has 6 rings (SSSR count). The van der Waals surface area contributed by atoms with Crippen LogP contribution in [0.15, 0.2) is 36.7 Å². The molecule has 3 aromatic rings. The number of hydrogen-bond acceptors (Lipinski definition) is 11. The average Bonchev–Trinajstić information content (AvgIpc) is 3.39. The summed E-state index contributed by atoms with van der Waals surface area (Å²) in [6.07, 6.45) is 9.26. The maximum Gasteiger partial charge on any atom is 0.229 e. The van der Waals surface area contributed by atoms with Gasteiger partial charge in [-0.25, -0.2) is 13.4 Å². The summed E-state index contributed by atoms with van der Waals surface area (Å²) in [4.78, 5) is 18.4. The number of nitrogens with one attached hydrogen (secondary N) is 2. The van der Waals surface area contributed by atoms with Crippen molar-refractivity contribution in [2.75, 3.05) is 67.6 Å². The Kier molecular flexibility index (Phi) is 8.50. The van der Waals surface area contributed by atoms with Gasteiger partial charge in [0.2, 0.25) is 15.9 Å². The Morgan fingerprint density at radius 2 is 1.76 bits per heavy atom. The minimum absolute atomic E-state index is 0.0153. The molecule has 0 bridgehead atoms. The number of pyridine rings is 3. The number of anilines is 3. The number of aromatic nitrogens is 3. The highest BCUT2D eigenvalue weighted by Gasteiger charge is 2.26. The molecule has 5 heterocycles. The molecule has 2 N–H and O–H groups in total.